The van der Waals surface area contributed by atoms with E-state index in [0.717, 1.165) is 21.8 Å². The van der Waals surface area contributed by atoms with Crippen molar-refractivity contribution in [3.05, 3.63) is 69.5 Å². The smallest absolute Gasteiger partial charge is 0.263 e. The van der Waals surface area contributed by atoms with Crippen molar-refractivity contribution in [2.75, 3.05) is 0 Å². The standard InChI is InChI=1S/C21H23N3OS/c1-12-9-14(3)18(10-13(12)2)15(4)23-20(25)19-16(5)24-21(26-19)17-7-6-8-22-11-17/h6-11,15H,1-5H3,(H,23,25)/t15-/m0/s1. The molecular weight excluding hydrogens is 342 g/mol. The van der Waals surface area contributed by atoms with Crippen LogP contribution < -0.4 is 5.32 Å². The SMILES string of the molecule is Cc1cc(C)c([C@H](C)NC(=O)c2sc(-c3cccnc3)nc2C)cc1C. The Morgan fingerprint density at radius 2 is 1.85 bits per heavy atom. The van der Waals surface area contributed by atoms with Crippen LogP contribution in [-0.4, -0.2) is 15.9 Å². The van der Waals surface area contributed by atoms with E-state index in [1.807, 2.05) is 26.0 Å². The van der Waals surface area contributed by atoms with Gasteiger partial charge in [-0.25, -0.2) is 4.98 Å². The Hall–Kier alpha value is -2.53. The van der Waals surface area contributed by atoms with Gasteiger partial charge in [0.05, 0.1) is 11.7 Å². The first-order valence-electron chi connectivity index (χ1n) is 8.63. The zero-order valence-electron chi connectivity index (χ0n) is 15.8. The van der Waals surface area contributed by atoms with Crippen molar-refractivity contribution in [1.82, 2.24) is 15.3 Å². The number of aryl methyl sites for hydroxylation is 4. The number of amides is 1. The van der Waals surface area contributed by atoms with Gasteiger partial charge >= 0.3 is 0 Å². The Morgan fingerprint density at radius 3 is 2.54 bits per heavy atom. The summed E-state index contributed by atoms with van der Waals surface area (Å²) in [6.07, 6.45) is 3.49. The molecule has 0 aliphatic carbocycles. The quantitative estimate of drug-likeness (QED) is 0.713. The third-order valence-corrected chi connectivity index (χ3v) is 5.81. The molecule has 3 rings (SSSR count). The van der Waals surface area contributed by atoms with E-state index in [-0.39, 0.29) is 11.9 Å². The molecule has 0 spiro atoms. The minimum absolute atomic E-state index is 0.0647. The molecule has 134 valence electrons. The summed E-state index contributed by atoms with van der Waals surface area (Å²) in [5, 5.41) is 3.94. The van der Waals surface area contributed by atoms with Crippen LogP contribution in [0.15, 0.2) is 36.7 Å². The van der Waals surface area contributed by atoms with Crippen LogP contribution in [-0.2, 0) is 0 Å². The Bertz CT molecular complexity index is 947. The van der Waals surface area contributed by atoms with Gasteiger partial charge in [-0.2, -0.15) is 0 Å². The Balaban J connectivity index is 1.82. The zero-order valence-corrected chi connectivity index (χ0v) is 16.6. The molecule has 0 saturated heterocycles. The lowest BCUT2D eigenvalue weighted by Crippen LogP contribution is -2.27. The van der Waals surface area contributed by atoms with Crippen LogP contribution in [0.3, 0.4) is 0 Å². The third-order valence-electron chi connectivity index (χ3n) is 4.61. The van der Waals surface area contributed by atoms with Crippen LogP contribution in [0.2, 0.25) is 0 Å². The van der Waals surface area contributed by atoms with E-state index in [1.54, 1.807) is 12.4 Å². The second kappa shape index (κ2) is 7.38. The first kappa shape index (κ1) is 18.3. The molecule has 0 saturated carbocycles. The van der Waals surface area contributed by atoms with Crippen molar-refractivity contribution >= 4 is 17.2 Å². The molecule has 0 bridgehead atoms. The van der Waals surface area contributed by atoms with E-state index in [2.05, 4.69) is 48.2 Å². The van der Waals surface area contributed by atoms with Crippen LogP contribution in [0.1, 0.15) is 50.6 Å². The van der Waals surface area contributed by atoms with Crippen molar-refractivity contribution < 1.29 is 4.79 Å². The average molecular weight is 366 g/mol. The second-order valence-corrected chi connectivity index (χ2v) is 7.66. The number of pyridine rings is 1. The number of carbonyl (C=O) groups excluding carboxylic acids is 1. The van der Waals surface area contributed by atoms with Gasteiger partial charge in [0.25, 0.3) is 5.91 Å². The molecule has 0 radical (unpaired) electrons. The zero-order chi connectivity index (χ0) is 18.8. The first-order valence-corrected chi connectivity index (χ1v) is 9.45. The fraction of sp³-hybridized carbons (Fsp3) is 0.286. The lowest BCUT2D eigenvalue weighted by Gasteiger charge is -2.18. The normalized spacial score (nSPS) is 12.0. The van der Waals surface area contributed by atoms with Gasteiger partial charge < -0.3 is 5.32 Å². The molecule has 5 heteroatoms. The van der Waals surface area contributed by atoms with Gasteiger partial charge in [0.15, 0.2) is 0 Å². The average Bonchev–Trinajstić information content (AvgIpc) is 3.00. The fourth-order valence-electron chi connectivity index (χ4n) is 3.01. The summed E-state index contributed by atoms with van der Waals surface area (Å²) in [7, 11) is 0. The van der Waals surface area contributed by atoms with E-state index < -0.39 is 0 Å². The van der Waals surface area contributed by atoms with Gasteiger partial charge in [0, 0.05) is 18.0 Å². The molecule has 0 fully saturated rings. The Kier molecular flexibility index (Phi) is 5.18. The number of hydrogen-bond donors (Lipinski definition) is 1. The summed E-state index contributed by atoms with van der Waals surface area (Å²) in [6.45, 7) is 10.2. The van der Waals surface area contributed by atoms with Crippen LogP contribution >= 0.6 is 11.3 Å². The summed E-state index contributed by atoms with van der Waals surface area (Å²) in [6, 6.07) is 8.09. The molecule has 0 aliphatic rings. The van der Waals surface area contributed by atoms with Gasteiger partial charge in [-0.3, -0.25) is 9.78 Å². The molecule has 4 nitrogen and oxygen atoms in total. The molecule has 1 aromatic carbocycles. The van der Waals surface area contributed by atoms with E-state index >= 15 is 0 Å². The summed E-state index contributed by atoms with van der Waals surface area (Å²) in [5.41, 5.74) is 6.52. The minimum atomic E-state index is -0.0831. The lowest BCUT2D eigenvalue weighted by molar-refractivity contribution is 0.0943. The number of rotatable bonds is 4. The molecule has 1 atom stereocenters. The molecule has 2 aromatic heterocycles. The number of aromatic nitrogens is 2. The van der Waals surface area contributed by atoms with Crippen LogP contribution in [0.4, 0.5) is 0 Å². The second-order valence-electron chi connectivity index (χ2n) is 6.66. The van der Waals surface area contributed by atoms with Crippen molar-refractivity contribution in [3.63, 3.8) is 0 Å². The summed E-state index contributed by atoms with van der Waals surface area (Å²) in [4.78, 5) is 22.1. The van der Waals surface area contributed by atoms with Crippen LogP contribution in [0.25, 0.3) is 10.6 Å². The number of nitrogens with zero attached hydrogens (tertiary/aromatic N) is 2. The van der Waals surface area contributed by atoms with Crippen molar-refractivity contribution in [3.8, 4) is 10.6 Å². The van der Waals surface area contributed by atoms with E-state index in [9.17, 15) is 4.79 Å². The topological polar surface area (TPSA) is 54.9 Å². The molecule has 0 unspecified atom stereocenters. The van der Waals surface area contributed by atoms with Gasteiger partial charge in [-0.05, 0) is 69.0 Å². The predicted octanol–water partition coefficient (Wildman–Crippen LogP) is 4.93. The van der Waals surface area contributed by atoms with Gasteiger partial charge in [0.2, 0.25) is 0 Å². The number of carbonyl (C=O) groups is 1. The molecule has 0 aliphatic heterocycles. The van der Waals surface area contributed by atoms with E-state index in [1.165, 1.54) is 28.0 Å². The third kappa shape index (κ3) is 3.68. The van der Waals surface area contributed by atoms with Crippen molar-refractivity contribution in [1.29, 1.82) is 0 Å². The maximum atomic E-state index is 12.8. The molecule has 26 heavy (non-hydrogen) atoms. The maximum absolute atomic E-state index is 12.8. The highest BCUT2D eigenvalue weighted by molar-refractivity contribution is 7.17. The monoisotopic (exact) mass is 365 g/mol. The molecule has 1 amide bonds. The van der Waals surface area contributed by atoms with Gasteiger partial charge in [-0.1, -0.05) is 12.1 Å². The summed E-state index contributed by atoms with van der Waals surface area (Å²) >= 11 is 1.40. The number of benzene rings is 1. The minimum Gasteiger partial charge on any atom is -0.345 e. The van der Waals surface area contributed by atoms with E-state index in [4.69, 9.17) is 0 Å². The number of hydrogen-bond acceptors (Lipinski definition) is 4. The fourth-order valence-corrected chi connectivity index (χ4v) is 3.97. The van der Waals surface area contributed by atoms with Crippen LogP contribution in [0, 0.1) is 27.7 Å². The highest BCUT2D eigenvalue weighted by atomic mass is 32.1. The summed E-state index contributed by atoms with van der Waals surface area (Å²) < 4.78 is 0. The Morgan fingerprint density at radius 1 is 1.12 bits per heavy atom. The lowest BCUT2D eigenvalue weighted by atomic mass is 9.96. The molecule has 3 aromatic rings. The number of thiazole rings is 1. The van der Waals surface area contributed by atoms with E-state index in [0.29, 0.717) is 4.88 Å². The predicted molar refractivity (Wildman–Crippen MR) is 107 cm³/mol. The highest BCUT2D eigenvalue weighted by Gasteiger charge is 2.19. The summed E-state index contributed by atoms with van der Waals surface area (Å²) in [5.74, 6) is -0.0831. The van der Waals surface area contributed by atoms with Gasteiger partial charge in [-0.15, -0.1) is 11.3 Å². The Labute approximate surface area is 158 Å². The van der Waals surface area contributed by atoms with Gasteiger partial charge in [0.1, 0.15) is 9.88 Å². The molecule has 1 N–H and O–H groups in total. The maximum Gasteiger partial charge on any atom is 0.263 e. The van der Waals surface area contributed by atoms with Crippen molar-refractivity contribution in [2.24, 2.45) is 0 Å². The van der Waals surface area contributed by atoms with Crippen LogP contribution in [0.5, 0.6) is 0 Å². The first-order chi connectivity index (χ1) is 12.4. The largest absolute Gasteiger partial charge is 0.345 e. The van der Waals surface area contributed by atoms with Crippen molar-refractivity contribution in [2.45, 2.75) is 40.7 Å². The molecular formula is C21H23N3OS. The molecule has 2 heterocycles. The highest BCUT2D eigenvalue weighted by Crippen LogP contribution is 2.28. The number of nitrogens with one attached hydrogen (secondary N) is 1.